The third-order valence-electron chi connectivity index (χ3n) is 2.38. The van der Waals surface area contributed by atoms with Crippen LogP contribution < -0.4 is 4.74 Å². The number of rotatable bonds is 6. The minimum atomic E-state index is 0.0253. The molecule has 0 radical (unpaired) electrons. The molecule has 1 aromatic carbocycles. The van der Waals surface area contributed by atoms with E-state index in [1.807, 2.05) is 37.4 Å². The Morgan fingerprint density at radius 3 is 2.62 bits per heavy atom. The van der Waals surface area contributed by atoms with Crippen LogP contribution >= 0.6 is 0 Å². The molecule has 1 aromatic rings. The Bertz CT molecular complexity index is 311. The molecule has 1 amide bonds. The van der Waals surface area contributed by atoms with Crippen LogP contribution in [0.3, 0.4) is 0 Å². The van der Waals surface area contributed by atoms with Crippen molar-refractivity contribution in [2.24, 2.45) is 0 Å². The maximum absolute atomic E-state index is 11.6. The number of unbranched alkanes of at least 4 members (excludes halogenated alkanes) is 1. The summed E-state index contributed by atoms with van der Waals surface area (Å²) in [6, 6.07) is 9.39. The second-order valence-corrected chi connectivity index (χ2v) is 3.77. The first-order chi connectivity index (χ1) is 7.74. The maximum atomic E-state index is 11.6. The molecule has 0 N–H and O–H groups in total. The molecule has 88 valence electrons. The molecule has 0 heterocycles. The van der Waals surface area contributed by atoms with Gasteiger partial charge >= 0.3 is 0 Å². The number of hydrogen-bond donors (Lipinski definition) is 0. The van der Waals surface area contributed by atoms with E-state index in [0.717, 1.165) is 25.1 Å². The van der Waals surface area contributed by atoms with E-state index in [4.69, 9.17) is 4.74 Å². The van der Waals surface area contributed by atoms with Gasteiger partial charge in [-0.1, -0.05) is 31.5 Å². The minimum Gasteiger partial charge on any atom is -0.484 e. The SMILES string of the molecule is CCCCN(C)C(=O)COc1ccccc1. The fourth-order valence-electron chi connectivity index (χ4n) is 1.29. The average Bonchev–Trinajstić information content (AvgIpc) is 2.34. The van der Waals surface area contributed by atoms with Crippen molar-refractivity contribution >= 4 is 5.91 Å². The monoisotopic (exact) mass is 221 g/mol. The highest BCUT2D eigenvalue weighted by Crippen LogP contribution is 2.08. The average molecular weight is 221 g/mol. The topological polar surface area (TPSA) is 29.5 Å². The van der Waals surface area contributed by atoms with Crippen LogP contribution in [0.2, 0.25) is 0 Å². The number of nitrogens with zero attached hydrogens (tertiary/aromatic N) is 1. The van der Waals surface area contributed by atoms with E-state index in [1.165, 1.54) is 0 Å². The van der Waals surface area contributed by atoms with Crippen molar-refractivity contribution in [2.75, 3.05) is 20.2 Å². The zero-order valence-corrected chi connectivity index (χ0v) is 9.98. The number of para-hydroxylation sites is 1. The van der Waals surface area contributed by atoms with Crippen molar-refractivity contribution in [3.8, 4) is 5.75 Å². The summed E-state index contributed by atoms with van der Waals surface area (Å²) in [6.07, 6.45) is 2.13. The van der Waals surface area contributed by atoms with Crippen LogP contribution in [0.15, 0.2) is 30.3 Å². The van der Waals surface area contributed by atoms with E-state index in [2.05, 4.69) is 6.92 Å². The second kappa shape index (κ2) is 6.88. The van der Waals surface area contributed by atoms with Gasteiger partial charge in [0.05, 0.1) is 0 Å². The van der Waals surface area contributed by atoms with Gasteiger partial charge in [0.25, 0.3) is 5.91 Å². The van der Waals surface area contributed by atoms with Crippen molar-refractivity contribution in [3.05, 3.63) is 30.3 Å². The van der Waals surface area contributed by atoms with Crippen molar-refractivity contribution in [3.63, 3.8) is 0 Å². The van der Waals surface area contributed by atoms with E-state index in [0.29, 0.717) is 0 Å². The Morgan fingerprint density at radius 1 is 1.31 bits per heavy atom. The lowest BCUT2D eigenvalue weighted by atomic mass is 10.3. The fourth-order valence-corrected chi connectivity index (χ4v) is 1.29. The quantitative estimate of drug-likeness (QED) is 0.737. The van der Waals surface area contributed by atoms with Gasteiger partial charge in [0, 0.05) is 13.6 Å². The third kappa shape index (κ3) is 4.34. The molecule has 1 rings (SSSR count). The first-order valence-electron chi connectivity index (χ1n) is 5.66. The molecule has 0 saturated carbocycles. The maximum Gasteiger partial charge on any atom is 0.260 e. The molecule has 16 heavy (non-hydrogen) atoms. The lowest BCUT2D eigenvalue weighted by Gasteiger charge is -2.16. The van der Waals surface area contributed by atoms with Gasteiger partial charge in [-0.15, -0.1) is 0 Å². The Kier molecular flexibility index (Phi) is 5.40. The van der Waals surface area contributed by atoms with Gasteiger partial charge in [-0.05, 0) is 18.6 Å². The lowest BCUT2D eigenvalue weighted by Crippen LogP contribution is -2.32. The molecular formula is C13H19NO2. The van der Waals surface area contributed by atoms with E-state index in [-0.39, 0.29) is 12.5 Å². The van der Waals surface area contributed by atoms with Crippen LogP contribution in [-0.2, 0) is 4.79 Å². The summed E-state index contributed by atoms with van der Waals surface area (Å²) in [5, 5.41) is 0. The highest BCUT2D eigenvalue weighted by atomic mass is 16.5. The number of amides is 1. The van der Waals surface area contributed by atoms with Crippen molar-refractivity contribution in [1.29, 1.82) is 0 Å². The molecule has 0 aliphatic rings. The summed E-state index contributed by atoms with van der Waals surface area (Å²) in [6.45, 7) is 3.02. The van der Waals surface area contributed by atoms with Gasteiger partial charge < -0.3 is 9.64 Å². The molecule has 0 fully saturated rings. The smallest absolute Gasteiger partial charge is 0.260 e. The summed E-state index contributed by atoms with van der Waals surface area (Å²) in [5.74, 6) is 0.761. The Morgan fingerprint density at radius 2 is 2.00 bits per heavy atom. The molecule has 3 nitrogen and oxygen atoms in total. The predicted octanol–water partition coefficient (Wildman–Crippen LogP) is 2.32. The molecule has 3 heteroatoms. The van der Waals surface area contributed by atoms with Gasteiger partial charge in [0.1, 0.15) is 5.75 Å². The molecule has 0 spiro atoms. The van der Waals surface area contributed by atoms with Gasteiger partial charge in [-0.25, -0.2) is 0 Å². The molecular weight excluding hydrogens is 202 g/mol. The number of likely N-dealkylation sites (N-methyl/N-ethyl adjacent to an activating group) is 1. The van der Waals surface area contributed by atoms with Crippen LogP contribution in [0.25, 0.3) is 0 Å². The first-order valence-corrected chi connectivity index (χ1v) is 5.66. The van der Waals surface area contributed by atoms with Gasteiger partial charge in [-0.2, -0.15) is 0 Å². The normalized spacial score (nSPS) is 9.88. The largest absolute Gasteiger partial charge is 0.484 e. The fraction of sp³-hybridized carbons (Fsp3) is 0.462. The van der Waals surface area contributed by atoms with Crippen molar-refractivity contribution in [1.82, 2.24) is 4.90 Å². The van der Waals surface area contributed by atoms with E-state index >= 15 is 0 Å². The van der Waals surface area contributed by atoms with Crippen LogP contribution in [0.5, 0.6) is 5.75 Å². The van der Waals surface area contributed by atoms with Crippen LogP contribution in [-0.4, -0.2) is 31.0 Å². The number of hydrogen-bond acceptors (Lipinski definition) is 2. The lowest BCUT2D eigenvalue weighted by molar-refractivity contribution is -0.132. The van der Waals surface area contributed by atoms with Gasteiger partial charge in [0.2, 0.25) is 0 Å². The summed E-state index contributed by atoms with van der Waals surface area (Å²) < 4.78 is 5.38. The highest BCUT2D eigenvalue weighted by molar-refractivity contribution is 5.77. The Balaban J connectivity index is 2.29. The zero-order chi connectivity index (χ0) is 11.8. The summed E-state index contributed by atoms with van der Waals surface area (Å²) >= 11 is 0. The van der Waals surface area contributed by atoms with Gasteiger partial charge in [-0.3, -0.25) is 4.79 Å². The molecule has 0 saturated heterocycles. The second-order valence-electron chi connectivity index (χ2n) is 3.77. The van der Waals surface area contributed by atoms with E-state index in [1.54, 1.807) is 4.90 Å². The molecule has 0 unspecified atom stereocenters. The van der Waals surface area contributed by atoms with Crippen molar-refractivity contribution < 1.29 is 9.53 Å². The summed E-state index contributed by atoms with van der Waals surface area (Å²) in [4.78, 5) is 13.3. The summed E-state index contributed by atoms with van der Waals surface area (Å²) in [5.41, 5.74) is 0. The number of ether oxygens (including phenoxy) is 1. The van der Waals surface area contributed by atoms with E-state index < -0.39 is 0 Å². The molecule has 0 aliphatic heterocycles. The highest BCUT2D eigenvalue weighted by Gasteiger charge is 2.08. The van der Waals surface area contributed by atoms with Crippen LogP contribution in [0.4, 0.5) is 0 Å². The Labute approximate surface area is 97.0 Å². The van der Waals surface area contributed by atoms with Crippen LogP contribution in [0.1, 0.15) is 19.8 Å². The van der Waals surface area contributed by atoms with Crippen LogP contribution in [0, 0.1) is 0 Å². The third-order valence-corrected chi connectivity index (χ3v) is 2.38. The molecule has 0 aromatic heterocycles. The van der Waals surface area contributed by atoms with Gasteiger partial charge in [0.15, 0.2) is 6.61 Å². The van der Waals surface area contributed by atoms with E-state index in [9.17, 15) is 4.79 Å². The number of carbonyl (C=O) groups excluding carboxylic acids is 1. The predicted molar refractivity (Wildman–Crippen MR) is 64.5 cm³/mol. The standard InChI is InChI=1S/C13H19NO2/c1-3-4-10-14(2)13(15)11-16-12-8-6-5-7-9-12/h5-9H,3-4,10-11H2,1-2H3. The Hall–Kier alpha value is -1.51. The van der Waals surface area contributed by atoms with Crippen molar-refractivity contribution in [2.45, 2.75) is 19.8 Å². The zero-order valence-electron chi connectivity index (χ0n) is 9.98. The first kappa shape index (κ1) is 12.6. The summed E-state index contributed by atoms with van der Waals surface area (Å²) in [7, 11) is 1.81. The molecule has 0 atom stereocenters. The number of benzene rings is 1. The minimum absolute atomic E-state index is 0.0253. The molecule has 0 aliphatic carbocycles. The molecule has 0 bridgehead atoms. The number of carbonyl (C=O) groups is 1.